The van der Waals surface area contributed by atoms with Gasteiger partial charge in [0.15, 0.2) is 0 Å². The number of aryl methyl sites for hydroxylation is 1. The molecule has 0 spiro atoms. The van der Waals surface area contributed by atoms with Crippen LogP contribution in [0.25, 0.3) is 0 Å². The second-order valence-electron chi connectivity index (χ2n) is 3.78. The zero-order valence-corrected chi connectivity index (χ0v) is 12.2. The maximum absolute atomic E-state index is 8.00. The summed E-state index contributed by atoms with van der Waals surface area (Å²) in [5, 5.41) is 0. The van der Waals surface area contributed by atoms with E-state index in [-0.39, 0.29) is 0 Å². The van der Waals surface area contributed by atoms with Crippen molar-refractivity contribution in [3.05, 3.63) is 71.3 Å². The molecular weight excluding hydrogens is 232 g/mol. The van der Waals surface area contributed by atoms with Gasteiger partial charge in [0.2, 0.25) is 0 Å². The Morgan fingerprint density at radius 3 is 1.79 bits per heavy atom. The first kappa shape index (κ1) is 17.1. The van der Waals surface area contributed by atoms with E-state index in [1.165, 1.54) is 16.7 Å². The molecule has 1 heteroatoms. The van der Waals surface area contributed by atoms with Crippen molar-refractivity contribution in [2.24, 2.45) is 0 Å². The maximum Gasteiger partial charge on any atom is 0.106 e. The van der Waals surface area contributed by atoms with Crippen LogP contribution < -0.4 is 0 Å². The fraction of sp³-hybridized carbons (Fsp3) is 0.278. The van der Waals surface area contributed by atoms with Crippen molar-refractivity contribution in [3.63, 3.8) is 0 Å². The Kier molecular flexibility index (Phi) is 10.1. The van der Waals surface area contributed by atoms with E-state index in [1.807, 2.05) is 20.6 Å². The second kappa shape index (κ2) is 11.2. The molecule has 0 aliphatic heterocycles. The topological polar surface area (TPSA) is 17.1 Å². The van der Waals surface area contributed by atoms with Gasteiger partial charge < -0.3 is 4.79 Å². The fourth-order valence-corrected chi connectivity index (χ4v) is 1.89. The number of hydrogen-bond acceptors (Lipinski definition) is 1. The Balaban J connectivity index is 0.000000741. The molecule has 2 rings (SSSR count). The molecule has 0 heterocycles. The van der Waals surface area contributed by atoms with Crippen molar-refractivity contribution < 1.29 is 4.79 Å². The number of hydrogen-bond donors (Lipinski definition) is 0. The van der Waals surface area contributed by atoms with Crippen molar-refractivity contribution >= 4 is 6.79 Å². The van der Waals surface area contributed by atoms with Crippen LogP contribution in [0.4, 0.5) is 0 Å². The van der Waals surface area contributed by atoms with Crippen LogP contribution in [0.2, 0.25) is 0 Å². The minimum atomic E-state index is 1.05. The Morgan fingerprint density at radius 2 is 1.26 bits per heavy atom. The van der Waals surface area contributed by atoms with Gasteiger partial charge in [-0.15, -0.1) is 0 Å². The Labute approximate surface area is 117 Å². The molecule has 0 N–H and O–H groups in total. The molecule has 0 aliphatic carbocycles. The molecule has 0 fully saturated rings. The van der Waals surface area contributed by atoms with Gasteiger partial charge in [-0.25, -0.2) is 0 Å². The highest BCUT2D eigenvalue weighted by atomic mass is 16.1. The summed E-state index contributed by atoms with van der Waals surface area (Å²) < 4.78 is 0. The molecule has 0 bridgehead atoms. The van der Waals surface area contributed by atoms with Gasteiger partial charge >= 0.3 is 0 Å². The average molecular weight is 256 g/mol. The maximum atomic E-state index is 8.00. The Bertz CT molecular complexity index is 434. The quantitative estimate of drug-likeness (QED) is 0.779. The average Bonchev–Trinajstić information content (AvgIpc) is 2.53. The first-order valence-corrected chi connectivity index (χ1v) is 6.79. The van der Waals surface area contributed by atoms with Gasteiger partial charge in [0.05, 0.1) is 0 Å². The molecule has 0 radical (unpaired) electrons. The highest BCUT2D eigenvalue weighted by Gasteiger charge is 2.00. The van der Waals surface area contributed by atoms with Gasteiger partial charge in [0.1, 0.15) is 6.79 Å². The first-order valence-electron chi connectivity index (χ1n) is 6.79. The summed E-state index contributed by atoms with van der Waals surface area (Å²) in [5.74, 6) is 0. The minimum Gasteiger partial charge on any atom is -0.307 e. The third-order valence-corrected chi connectivity index (χ3v) is 2.74. The molecule has 2 aromatic carbocycles. The largest absolute Gasteiger partial charge is 0.307 e. The summed E-state index contributed by atoms with van der Waals surface area (Å²) in [7, 11) is 0. The van der Waals surface area contributed by atoms with E-state index in [1.54, 1.807) is 0 Å². The lowest BCUT2D eigenvalue weighted by Crippen LogP contribution is -1.93. The zero-order valence-electron chi connectivity index (χ0n) is 12.2. The molecule has 0 saturated carbocycles. The fourth-order valence-electron chi connectivity index (χ4n) is 1.89. The molecule has 1 nitrogen and oxygen atoms in total. The molecule has 2 aromatic rings. The molecule has 0 saturated heterocycles. The van der Waals surface area contributed by atoms with E-state index in [4.69, 9.17) is 4.79 Å². The van der Waals surface area contributed by atoms with Crippen molar-refractivity contribution in [1.82, 2.24) is 0 Å². The molecule has 19 heavy (non-hydrogen) atoms. The van der Waals surface area contributed by atoms with E-state index in [9.17, 15) is 0 Å². The third kappa shape index (κ3) is 6.01. The van der Waals surface area contributed by atoms with Gasteiger partial charge in [-0.2, -0.15) is 0 Å². The Morgan fingerprint density at radius 1 is 0.789 bits per heavy atom. The second-order valence-corrected chi connectivity index (χ2v) is 3.78. The molecule has 0 aromatic heterocycles. The summed E-state index contributed by atoms with van der Waals surface area (Å²) in [6.45, 7) is 8.21. The lowest BCUT2D eigenvalue weighted by Gasteiger charge is -2.07. The molecule has 0 amide bonds. The summed E-state index contributed by atoms with van der Waals surface area (Å²) in [4.78, 5) is 8.00. The first-order chi connectivity index (χ1) is 9.40. The van der Waals surface area contributed by atoms with Crippen molar-refractivity contribution in [3.8, 4) is 0 Å². The molecular formula is C18H24O. The van der Waals surface area contributed by atoms with E-state index in [0.29, 0.717) is 0 Å². The number of benzene rings is 2. The van der Waals surface area contributed by atoms with Crippen molar-refractivity contribution in [2.75, 3.05) is 0 Å². The molecule has 102 valence electrons. The lowest BCUT2D eigenvalue weighted by atomic mass is 9.98. The zero-order chi connectivity index (χ0) is 14.5. The minimum absolute atomic E-state index is 1.05. The van der Waals surface area contributed by atoms with Crippen LogP contribution in [-0.2, 0) is 17.6 Å². The van der Waals surface area contributed by atoms with Gasteiger partial charge in [0, 0.05) is 0 Å². The Hall–Kier alpha value is -1.89. The molecule has 0 aliphatic rings. The van der Waals surface area contributed by atoms with Crippen molar-refractivity contribution in [1.29, 1.82) is 0 Å². The number of carbonyl (C=O) groups is 1. The van der Waals surface area contributed by atoms with Crippen LogP contribution in [0.3, 0.4) is 0 Å². The van der Waals surface area contributed by atoms with Crippen LogP contribution >= 0.6 is 0 Å². The van der Waals surface area contributed by atoms with E-state index >= 15 is 0 Å². The normalized spacial score (nSPS) is 8.58. The van der Waals surface area contributed by atoms with Gasteiger partial charge in [0.25, 0.3) is 0 Å². The predicted octanol–water partition coefficient (Wildman–Crippen LogP) is 4.68. The summed E-state index contributed by atoms with van der Waals surface area (Å²) >= 11 is 0. The van der Waals surface area contributed by atoms with Crippen LogP contribution in [0.5, 0.6) is 0 Å². The van der Waals surface area contributed by atoms with Crippen LogP contribution in [0, 0.1) is 0 Å². The smallest absolute Gasteiger partial charge is 0.106 e. The van der Waals surface area contributed by atoms with Gasteiger partial charge in [-0.05, 0) is 29.5 Å². The van der Waals surface area contributed by atoms with Crippen LogP contribution in [0.15, 0.2) is 54.6 Å². The molecule has 0 unspecified atom stereocenters. The summed E-state index contributed by atoms with van der Waals surface area (Å²) in [5.41, 5.74) is 4.30. The SMILES string of the molecule is C=O.CC.CCc1ccccc1Cc1ccccc1. The van der Waals surface area contributed by atoms with E-state index < -0.39 is 0 Å². The van der Waals surface area contributed by atoms with E-state index in [0.717, 1.165) is 12.8 Å². The lowest BCUT2D eigenvalue weighted by molar-refractivity contribution is -0.0979. The monoisotopic (exact) mass is 256 g/mol. The number of rotatable bonds is 3. The summed E-state index contributed by atoms with van der Waals surface area (Å²) in [6.07, 6.45) is 2.16. The third-order valence-electron chi connectivity index (χ3n) is 2.74. The number of carbonyl (C=O) groups excluding carboxylic acids is 1. The standard InChI is InChI=1S/C15H16.C2H6.CH2O/c1-2-14-10-6-7-11-15(14)12-13-8-4-3-5-9-13;2*1-2/h3-11H,2,12H2,1H3;1-2H3;1H2. The van der Waals surface area contributed by atoms with E-state index in [2.05, 4.69) is 61.5 Å². The predicted molar refractivity (Wildman–Crippen MR) is 83.5 cm³/mol. The summed E-state index contributed by atoms with van der Waals surface area (Å²) in [6, 6.07) is 19.3. The van der Waals surface area contributed by atoms with Crippen LogP contribution in [0.1, 0.15) is 37.5 Å². The molecule has 0 atom stereocenters. The van der Waals surface area contributed by atoms with Crippen molar-refractivity contribution in [2.45, 2.75) is 33.6 Å². The van der Waals surface area contributed by atoms with Gasteiger partial charge in [-0.3, -0.25) is 0 Å². The van der Waals surface area contributed by atoms with Crippen LogP contribution in [-0.4, -0.2) is 6.79 Å². The highest BCUT2D eigenvalue weighted by molar-refractivity contribution is 5.32. The highest BCUT2D eigenvalue weighted by Crippen LogP contribution is 2.14. The van der Waals surface area contributed by atoms with Gasteiger partial charge in [-0.1, -0.05) is 75.4 Å².